The van der Waals surface area contributed by atoms with Gasteiger partial charge in [-0.3, -0.25) is 4.79 Å². The van der Waals surface area contributed by atoms with E-state index < -0.39 is 0 Å². The molecule has 0 aliphatic heterocycles. The van der Waals surface area contributed by atoms with Crippen molar-refractivity contribution in [3.8, 4) is 11.1 Å². The number of nitrogens with one attached hydrogen (secondary N) is 1. The Morgan fingerprint density at radius 1 is 0.889 bits per heavy atom. The number of benzene rings is 2. The van der Waals surface area contributed by atoms with Gasteiger partial charge >= 0.3 is 0 Å². The highest BCUT2D eigenvalue weighted by Crippen LogP contribution is 2.32. The fourth-order valence-corrected chi connectivity index (χ4v) is 2.74. The molecule has 0 bridgehead atoms. The van der Waals surface area contributed by atoms with Crippen molar-refractivity contribution < 1.29 is 4.79 Å². The zero-order chi connectivity index (χ0) is 12.4. The largest absolute Gasteiger partial charge is 0.355 e. The lowest BCUT2D eigenvalue weighted by Crippen LogP contribution is -2.31. The molecule has 1 aliphatic carbocycles. The number of carbonyl (C=O) groups excluding carboxylic acids is 1. The van der Waals surface area contributed by atoms with Gasteiger partial charge in [0.05, 0.1) is 0 Å². The van der Waals surface area contributed by atoms with Crippen molar-refractivity contribution in [2.24, 2.45) is 0 Å². The van der Waals surface area contributed by atoms with Gasteiger partial charge in [0.1, 0.15) is 0 Å². The van der Waals surface area contributed by atoms with Crippen LogP contribution in [0.15, 0.2) is 48.5 Å². The number of amides is 1. The fraction of sp³-hybridized carbons (Fsp3) is 0.188. The van der Waals surface area contributed by atoms with E-state index in [1.807, 2.05) is 0 Å². The van der Waals surface area contributed by atoms with Crippen LogP contribution in [0.4, 0.5) is 0 Å². The average Bonchev–Trinajstić information content (AvgIpc) is 2.55. The van der Waals surface area contributed by atoms with Gasteiger partial charge in [0.25, 0.3) is 0 Å². The van der Waals surface area contributed by atoms with Gasteiger partial charge in [-0.05, 0) is 35.1 Å². The zero-order valence-electron chi connectivity index (χ0n) is 10.1. The second-order valence-electron chi connectivity index (χ2n) is 4.70. The first-order chi connectivity index (χ1) is 8.88. The van der Waals surface area contributed by atoms with Crippen molar-refractivity contribution in [3.63, 3.8) is 0 Å². The van der Waals surface area contributed by atoms with E-state index in [0.29, 0.717) is 0 Å². The second-order valence-corrected chi connectivity index (χ2v) is 4.70. The molecule has 0 saturated carbocycles. The van der Waals surface area contributed by atoms with Gasteiger partial charge in [-0.25, -0.2) is 0 Å². The van der Waals surface area contributed by atoms with Crippen LogP contribution in [0, 0.1) is 0 Å². The Kier molecular flexibility index (Phi) is 2.85. The van der Waals surface area contributed by atoms with Crippen LogP contribution in [0.3, 0.4) is 0 Å². The molecule has 0 radical (unpaired) electrons. The van der Waals surface area contributed by atoms with Crippen molar-refractivity contribution in [3.05, 3.63) is 59.7 Å². The molecule has 0 aromatic heterocycles. The van der Waals surface area contributed by atoms with E-state index in [2.05, 4.69) is 53.8 Å². The number of carbonyl (C=O) groups is 1. The monoisotopic (exact) mass is 237 g/mol. The molecule has 2 nitrogen and oxygen atoms in total. The quantitative estimate of drug-likeness (QED) is 0.799. The zero-order valence-corrected chi connectivity index (χ0v) is 10.1. The third-order valence-corrected chi connectivity index (χ3v) is 3.56. The van der Waals surface area contributed by atoms with Gasteiger partial charge in [0.2, 0.25) is 6.41 Å². The summed E-state index contributed by atoms with van der Waals surface area (Å²) in [4.78, 5) is 10.7. The molecule has 0 unspecified atom stereocenters. The highest BCUT2D eigenvalue weighted by molar-refractivity contribution is 5.72. The summed E-state index contributed by atoms with van der Waals surface area (Å²) in [5.41, 5.74) is 5.20. The molecule has 3 rings (SSSR count). The van der Waals surface area contributed by atoms with E-state index in [4.69, 9.17) is 0 Å². The molecular formula is C16H15NO. The molecule has 0 fully saturated rings. The van der Waals surface area contributed by atoms with Gasteiger partial charge < -0.3 is 5.32 Å². The van der Waals surface area contributed by atoms with Crippen LogP contribution in [0.1, 0.15) is 11.1 Å². The van der Waals surface area contributed by atoms with E-state index in [1.165, 1.54) is 22.3 Å². The topological polar surface area (TPSA) is 29.1 Å². The smallest absolute Gasteiger partial charge is 0.207 e. The van der Waals surface area contributed by atoms with Crippen LogP contribution in [-0.2, 0) is 17.6 Å². The minimum atomic E-state index is 0.187. The van der Waals surface area contributed by atoms with Crippen LogP contribution in [0.5, 0.6) is 0 Å². The molecule has 0 heterocycles. The summed E-state index contributed by atoms with van der Waals surface area (Å²) in [5.74, 6) is 0. The number of hydrogen-bond donors (Lipinski definition) is 1. The van der Waals surface area contributed by atoms with E-state index in [1.54, 1.807) is 0 Å². The third-order valence-electron chi connectivity index (χ3n) is 3.56. The number of hydrogen-bond acceptors (Lipinski definition) is 1. The summed E-state index contributed by atoms with van der Waals surface area (Å²) in [6.45, 7) is 0. The van der Waals surface area contributed by atoms with Crippen LogP contribution < -0.4 is 5.32 Å². The second kappa shape index (κ2) is 4.65. The van der Waals surface area contributed by atoms with Crippen molar-refractivity contribution in [1.29, 1.82) is 0 Å². The van der Waals surface area contributed by atoms with Gasteiger partial charge in [0.15, 0.2) is 0 Å². The molecule has 0 spiro atoms. The summed E-state index contributed by atoms with van der Waals surface area (Å²) in [6.07, 6.45) is 2.59. The predicted molar refractivity (Wildman–Crippen MR) is 72.3 cm³/mol. The molecule has 2 aromatic carbocycles. The highest BCUT2D eigenvalue weighted by atomic mass is 16.1. The van der Waals surface area contributed by atoms with Gasteiger partial charge in [0, 0.05) is 6.04 Å². The van der Waals surface area contributed by atoms with Gasteiger partial charge in [-0.15, -0.1) is 0 Å². The highest BCUT2D eigenvalue weighted by Gasteiger charge is 2.19. The number of rotatable bonds is 2. The minimum absolute atomic E-state index is 0.187. The predicted octanol–water partition coefficient (Wildman–Crippen LogP) is 2.57. The maximum absolute atomic E-state index is 10.7. The summed E-state index contributed by atoms with van der Waals surface area (Å²) < 4.78 is 0. The Labute approximate surface area is 107 Å². The Hall–Kier alpha value is -2.09. The van der Waals surface area contributed by atoms with E-state index >= 15 is 0 Å². The summed E-state index contributed by atoms with van der Waals surface area (Å²) >= 11 is 0. The van der Waals surface area contributed by atoms with Crippen molar-refractivity contribution >= 4 is 6.41 Å². The molecule has 1 aliphatic rings. The van der Waals surface area contributed by atoms with Crippen LogP contribution in [-0.4, -0.2) is 12.5 Å². The lowest BCUT2D eigenvalue weighted by Gasteiger charge is -2.13. The minimum Gasteiger partial charge on any atom is -0.355 e. The molecule has 18 heavy (non-hydrogen) atoms. The molecule has 1 N–H and O–H groups in total. The lowest BCUT2D eigenvalue weighted by molar-refractivity contribution is -0.110. The molecule has 2 heteroatoms. The molecule has 90 valence electrons. The average molecular weight is 237 g/mol. The first-order valence-electron chi connectivity index (χ1n) is 6.24. The van der Waals surface area contributed by atoms with Crippen molar-refractivity contribution in [2.75, 3.05) is 0 Å². The summed E-state index contributed by atoms with van der Waals surface area (Å²) in [5, 5.41) is 2.93. The maximum Gasteiger partial charge on any atom is 0.207 e. The van der Waals surface area contributed by atoms with Gasteiger partial charge in [-0.2, -0.15) is 0 Å². The van der Waals surface area contributed by atoms with E-state index in [0.717, 1.165) is 19.3 Å². The summed E-state index contributed by atoms with van der Waals surface area (Å²) in [6, 6.07) is 17.1. The van der Waals surface area contributed by atoms with Crippen molar-refractivity contribution in [2.45, 2.75) is 18.9 Å². The van der Waals surface area contributed by atoms with E-state index in [-0.39, 0.29) is 6.04 Å². The van der Waals surface area contributed by atoms with Crippen LogP contribution in [0.25, 0.3) is 11.1 Å². The fourth-order valence-electron chi connectivity index (χ4n) is 2.74. The van der Waals surface area contributed by atoms with Crippen LogP contribution in [0.2, 0.25) is 0 Å². The molecule has 2 aromatic rings. The molecule has 0 atom stereocenters. The Morgan fingerprint density at radius 3 is 1.89 bits per heavy atom. The first-order valence-corrected chi connectivity index (χ1v) is 6.24. The summed E-state index contributed by atoms with van der Waals surface area (Å²) in [7, 11) is 0. The Balaban J connectivity index is 2.14. The maximum atomic E-state index is 10.7. The molecular weight excluding hydrogens is 222 g/mol. The normalized spacial score (nSPS) is 14.2. The van der Waals surface area contributed by atoms with Crippen LogP contribution >= 0.6 is 0 Å². The Bertz CT molecular complexity index is 529. The third kappa shape index (κ3) is 1.90. The van der Waals surface area contributed by atoms with Crippen molar-refractivity contribution in [1.82, 2.24) is 5.32 Å². The van der Waals surface area contributed by atoms with Gasteiger partial charge in [-0.1, -0.05) is 48.5 Å². The number of fused-ring (bicyclic) bond motifs is 3. The lowest BCUT2D eigenvalue weighted by atomic mass is 9.97. The van der Waals surface area contributed by atoms with E-state index in [9.17, 15) is 4.79 Å². The standard InChI is InChI=1S/C16H15NO/c18-11-17-14-9-12-5-1-3-7-15(12)16-8-4-2-6-13(16)10-14/h1-8,11,14H,9-10H2,(H,17,18). The SMILES string of the molecule is O=CNC1Cc2ccccc2-c2ccccc2C1. The first kappa shape index (κ1) is 11.0. The Morgan fingerprint density at radius 2 is 1.39 bits per heavy atom. The molecule has 1 amide bonds. The molecule has 0 saturated heterocycles.